The molecule has 1 heterocycles. The highest BCUT2D eigenvalue weighted by Crippen LogP contribution is 2.14. The number of sulfonamides is 1. The largest absolute Gasteiger partial charge is 0.447 e. The normalized spacial score (nSPS) is 13.6. The van der Waals surface area contributed by atoms with Gasteiger partial charge < -0.3 is 14.5 Å². The Labute approximate surface area is 114 Å². The summed E-state index contributed by atoms with van der Waals surface area (Å²) in [7, 11) is -2.08. The molecule has 110 valence electrons. The van der Waals surface area contributed by atoms with Gasteiger partial charge in [-0.3, -0.25) is 0 Å². The molecule has 0 fully saturated rings. The maximum absolute atomic E-state index is 12.1. The molecule has 0 spiro atoms. The van der Waals surface area contributed by atoms with E-state index in [2.05, 4.69) is 10.0 Å². The zero-order chi connectivity index (χ0) is 14.3. The molecule has 0 radical (unpaired) electrons. The lowest BCUT2D eigenvalue weighted by Crippen LogP contribution is -2.37. The third kappa shape index (κ3) is 4.94. The molecule has 1 aromatic heterocycles. The molecule has 1 unspecified atom stereocenters. The molecular formula is C12H22N2O4S. The maximum atomic E-state index is 12.1. The van der Waals surface area contributed by atoms with Gasteiger partial charge in [-0.1, -0.05) is 13.8 Å². The predicted molar refractivity (Wildman–Crippen MR) is 72.4 cm³/mol. The zero-order valence-electron chi connectivity index (χ0n) is 11.6. The highest BCUT2D eigenvalue weighted by Gasteiger charge is 2.22. The van der Waals surface area contributed by atoms with Crippen molar-refractivity contribution in [2.45, 2.75) is 37.9 Å². The smallest absolute Gasteiger partial charge is 0.274 e. The van der Waals surface area contributed by atoms with Gasteiger partial charge in [0.15, 0.2) is 0 Å². The predicted octanol–water partition coefficient (Wildman–Crippen LogP) is 1.09. The van der Waals surface area contributed by atoms with E-state index in [-0.39, 0.29) is 11.1 Å². The Balaban J connectivity index is 2.73. The van der Waals surface area contributed by atoms with Crippen molar-refractivity contribution in [3.8, 4) is 0 Å². The zero-order valence-corrected chi connectivity index (χ0v) is 12.4. The van der Waals surface area contributed by atoms with Crippen LogP contribution in [0.4, 0.5) is 0 Å². The van der Waals surface area contributed by atoms with E-state index in [1.165, 1.54) is 6.07 Å². The first-order valence-corrected chi connectivity index (χ1v) is 7.82. The number of furan rings is 1. The average Bonchev–Trinajstić information content (AvgIpc) is 2.85. The van der Waals surface area contributed by atoms with E-state index in [1.807, 2.05) is 13.8 Å². The van der Waals surface area contributed by atoms with Crippen LogP contribution >= 0.6 is 0 Å². The highest BCUT2D eigenvalue weighted by molar-refractivity contribution is 7.89. The fourth-order valence-corrected chi connectivity index (χ4v) is 2.81. The molecule has 0 saturated carbocycles. The third-order valence-corrected chi connectivity index (χ3v) is 4.03. The molecule has 7 heteroatoms. The van der Waals surface area contributed by atoms with Gasteiger partial charge in [-0.2, -0.15) is 0 Å². The second kappa shape index (κ2) is 7.64. The molecule has 19 heavy (non-hydrogen) atoms. The fourth-order valence-electron chi connectivity index (χ4n) is 1.56. The molecule has 0 aromatic carbocycles. The summed E-state index contributed by atoms with van der Waals surface area (Å²) in [5, 5.41) is 3.01. The molecular weight excluding hydrogens is 268 g/mol. The molecule has 0 bridgehead atoms. The van der Waals surface area contributed by atoms with E-state index in [0.29, 0.717) is 25.3 Å². The minimum Gasteiger partial charge on any atom is -0.447 e. The van der Waals surface area contributed by atoms with Crippen molar-refractivity contribution in [3.63, 3.8) is 0 Å². The second-order valence-corrected chi connectivity index (χ2v) is 5.83. The maximum Gasteiger partial charge on any atom is 0.274 e. The van der Waals surface area contributed by atoms with Crippen molar-refractivity contribution in [2.24, 2.45) is 0 Å². The number of nitrogens with one attached hydrogen (secondary N) is 2. The van der Waals surface area contributed by atoms with E-state index in [0.717, 1.165) is 6.54 Å². The first-order valence-electron chi connectivity index (χ1n) is 6.34. The van der Waals surface area contributed by atoms with Gasteiger partial charge in [-0.15, -0.1) is 0 Å². The van der Waals surface area contributed by atoms with Gasteiger partial charge in [0.1, 0.15) is 5.76 Å². The molecule has 6 nitrogen and oxygen atoms in total. The standard InChI is InChI=1S/C12H22N2O4S/c1-4-10(9-17-3)14-19(15,16)12-7-6-11(18-12)8-13-5-2/h6-7,10,13-14H,4-5,8-9H2,1-3H3. The molecule has 0 aliphatic carbocycles. The summed E-state index contributed by atoms with van der Waals surface area (Å²) < 4.78 is 37.0. The quantitative estimate of drug-likeness (QED) is 0.711. The lowest BCUT2D eigenvalue weighted by atomic mass is 10.3. The van der Waals surface area contributed by atoms with Crippen LogP contribution in [-0.4, -0.2) is 34.7 Å². The summed E-state index contributed by atoms with van der Waals surface area (Å²) in [5.41, 5.74) is 0. The monoisotopic (exact) mass is 290 g/mol. The summed E-state index contributed by atoms with van der Waals surface area (Å²) >= 11 is 0. The Bertz CT molecular complexity index is 470. The van der Waals surface area contributed by atoms with E-state index >= 15 is 0 Å². The van der Waals surface area contributed by atoms with Crippen molar-refractivity contribution in [1.29, 1.82) is 0 Å². The lowest BCUT2D eigenvalue weighted by Gasteiger charge is -2.14. The highest BCUT2D eigenvalue weighted by atomic mass is 32.2. The lowest BCUT2D eigenvalue weighted by molar-refractivity contribution is 0.173. The molecule has 0 saturated heterocycles. The van der Waals surface area contributed by atoms with Gasteiger partial charge in [0.05, 0.1) is 13.2 Å². The van der Waals surface area contributed by atoms with Crippen LogP contribution in [0.15, 0.2) is 21.6 Å². The summed E-state index contributed by atoms with van der Waals surface area (Å²) in [5.74, 6) is 0.599. The Hall–Kier alpha value is -0.890. The second-order valence-electron chi connectivity index (χ2n) is 4.18. The number of methoxy groups -OCH3 is 1. The summed E-state index contributed by atoms with van der Waals surface area (Å²) in [6.07, 6.45) is 0.651. The van der Waals surface area contributed by atoms with Crippen LogP contribution in [-0.2, 0) is 21.3 Å². The van der Waals surface area contributed by atoms with Crippen molar-refractivity contribution < 1.29 is 17.6 Å². The van der Waals surface area contributed by atoms with Crippen LogP contribution in [0, 0.1) is 0 Å². The van der Waals surface area contributed by atoms with Gasteiger partial charge in [-0.25, -0.2) is 13.1 Å². The van der Waals surface area contributed by atoms with Crippen LogP contribution in [0.5, 0.6) is 0 Å². The van der Waals surface area contributed by atoms with Crippen LogP contribution in [0.3, 0.4) is 0 Å². The van der Waals surface area contributed by atoms with E-state index in [1.54, 1.807) is 13.2 Å². The number of hydrogen-bond donors (Lipinski definition) is 2. The molecule has 2 N–H and O–H groups in total. The Morgan fingerprint density at radius 1 is 1.37 bits per heavy atom. The minimum absolute atomic E-state index is 0.0602. The Morgan fingerprint density at radius 3 is 2.68 bits per heavy atom. The molecule has 0 aliphatic heterocycles. The van der Waals surface area contributed by atoms with Crippen LogP contribution in [0.1, 0.15) is 26.0 Å². The van der Waals surface area contributed by atoms with E-state index < -0.39 is 10.0 Å². The number of ether oxygens (including phenoxy) is 1. The van der Waals surface area contributed by atoms with E-state index in [9.17, 15) is 8.42 Å². The van der Waals surface area contributed by atoms with Crippen molar-refractivity contribution >= 4 is 10.0 Å². The molecule has 1 atom stereocenters. The van der Waals surface area contributed by atoms with E-state index in [4.69, 9.17) is 9.15 Å². The number of hydrogen-bond acceptors (Lipinski definition) is 5. The SMILES string of the molecule is CCNCc1ccc(S(=O)(=O)NC(CC)COC)o1. The van der Waals surface area contributed by atoms with Gasteiger partial charge in [-0.05, 0) is 25.1 Å². The van der Waals surface area contributed by atoms with Gasteiger partial charge in [0.2, 0.25) is 5.09 Å². The van der Waals surface area contributed by atoms with Crippen LogP contribution in [0.25, 0.3) is 0 Å². The molecule has 1 rings (SSSR count). The van der Waals surface area contributed by atoms with Gasteiger partial charge >= 0.3 is 0 Å². The fraction of sp³-hybridized carbons (Fsp3) is 0.667. The van der Waals surface area contributed by atoms with Gasteiger partial charge in [0.25, 0.3) is 10.0 Å². The first-order chi connectivity index (χ1) is 9.03. The van der Waals surface area contributed by atoms with Crippen molar-refractivity contribution in [3.05, 3.63) is 17.9 Å². The third-order valence-electron chi connectivity index (χ3n) is 2.63. The molecule has 0 amide bonds. The average molecular weight is 290 g/mol. The summed E-state index contributed by atoms with van der Waals surface area (Å²) in [6.45, 7) is 5.51. The van der Waals surface area contributed by atoms with Crippen LogP contribution < -0.4 is 10.0 Å². The number of rotatable bonds is 9. The first kappa shape index (κ1) is 16.2. The Morgan fingerprint density at radius 2 is 2.11 bits per heavy atom. The Kier molecular flexibility index (Phi) is 6.50. The van der Waals surface area contributed by atoms with Crippen molar-refractivity contribution in [2.75, 3.05) is 20.3 Å². The van der Waals surface area contributed by atoms with Gasteiger partial charge in [0, 0.05) is 13.2 Å². The molecule has 0 aliphatic rings. The summed E-state index contributed by atoms with van der Waals surface area (Å²) in [6, 6.07) is 2.88. The van der Waals surface area contributed by atoms with Crippen LogP contribution in [0.2, 0.25) is 0 Å². The topological polar surface area (TPSA) is 80.6 Å². The van der Waals surface area contributed by atoms with Crippen molar-refractivity contribution in [1.82, 2.24) is 10.0 Å². The summed E-state index contributed by atoms with van der Waals surface area (Å²) in [4.78, 5) is 0. The molecule has 1 aromatic rings. The minimum atomic E-state index is -3.62.